The molecule has 0 spiro atoms. The number of benzene rings is 1. The number of hydrogen-bond acceptors (Lipinski definition) is 1. The van der Waals surface area contributed by atoms with Crippen LogP contribution in [0.3, 0.4) is 0 Å². The van der Waals surface area contributed by atoms with E-state index in [1.54, 1.807) is 0 Å². The molecule has 1 atom stereocenters. The molecular formula is C12H15N. The van der Waals surface area contributed by atoms with Gasteiger partial charge in [-0.15, -0.1) is 6.42 Å². The van der Waals surface area contributed by atoms with E-state index in [0.717, 1.165) is 0 Å². The van der Waals surface area contributed by atoms with Crippen molar-refractivity contribution in [3.63, 3.8) is 0 Å². The molecule has 1 unspecified atom stereocenters. The summed E-state index contributed by atoms with van der Waals surface area (Å²) in [5.74, 6) is 2.58. The van der Waals surface area contributed by atoms with Crippen LogP contribution in [-0.4, -0.2) is 6.54 Å². The van der Waals surface area contributed by atoms with Gasteiger partial charge in [0.1, 0.15) is 0 Å². The van der Waals surface area contributed by atoms with Gasteiger partial charge in [-0.05, 0) is 25.0 Å². The summed E-state index contributed by atoms with van der Waals surface area (Å²) in [4.78, 5) is 0. The van der Waals surface area contributed by atoms with Gasteiger partial charge >= 0.3 is 0 Å². The number of nitrogens with one attached hydrogen (secondary N) is 1. The minimum Gasteiger partial charge on any atom is -0.300 e. The van der Waals surface area contributed by atoms with Crippen molar-refractivity contribution < 1.29 is 0 Å². The summed E-state index contributed by atoms with van der Waals surface area (Å²) >= 11 is 0. The summed E-state index contributed by atoms with van der Waals surface area (Å²) in [6.45, 7) is 4.86. The third-order valence-corrected chi connectivity index (χ3v) is 2.17. The van der Waals surface area contributed by atoms with Crippen molar-refractivity contribution in [2.24, 2.45) is 0 Å². The molecule has 1 heteroatoms. The Bertz CT molecular complexity index is 309. The van der Waals surface area contributed by atoms with Crippen LogP contribution in [0.5, 0.6) is 0 Å². The SMILES string of the molecule is C#CCNC(C)c1ccccc1C. The van der Waals surface area contributed by atoms with Crippen molar-refractivity contribution in [2.45, 2.75) is 19.9 Å². The van der Waals surface area contributed by atoms with Crippen molar-refractivity contribution in [3.8, 4) is 12.3 Å². The summed E-state index contributed by atoms with van der Waals surface area (Å²) in [5, 5.41) is 3.25. The smallest absolute Gasteiger partial charge is 0.0578 e. The molecule has 0 saturated heterocycles. The van der Waals surface area contributed by atoms with Crippen molar-refractivity contribution in [2.75, 3.05) is 6.54 Å². The Morgan fingerprint density at radius 2 is 2.15 bits per heavy atom. The fraction of sp³-hybridized carbons (Fsp3) is 0.333. The highest BCUT2D eigenvalue weighted by atomic mass is 14.9. The molecule has 0 amide bonds. The summed E-state index contributed by atoms with van der Waals surface area (Å²) < 4.78 is 0. The molecule has 0 aliphatic heterocycles. The molecule has 1 rings (SSSR count). The molecule has 0 aliphatic carbocycles. The van der Waals surface area contributed by atoms with Crippen molar-refractivity contribution in [1.29, 1.82) is 0 Å². The fourth-order valence-corrected chi connectivity index (χ4v) is 1.39. The molecule has 0 bridgehead atoms. The van der Waals surface area contributed by atoms with Gasteiger partial charge in [0, 0.05) is 6.04 Å². The lowest BCUT2D eigenvalue weighted by molar-refractivity contribution is 0.620. The van der Waals surface area contributed by atoms with Gasteiger partial charge in [-0.25, -0.2) is 0 Å². The second-order valence-corrected chi connectivity index (χ2v) is 3.16. The highest BCUT2D eigenvalue weighted by molar-refractivity contribution is 5.28. The van der Waals surface area contributed by atoms with Crippen LogP contribution in [0.2, 0.25) is 0 Å². The average molecular weight is 173 g/mol. The maximum absolute atomic E-state index is 5.18. The molecule has 0 aromatic heterocycles. The second kappa shape index (κ2) is 4.69. The van der Waals surface area contributed by atoms with Gasteiger partial charge in [0.2, 0.25) is 0 Å². The highest BCUT2D eigenvalue weighted by Crippen LogP contribution is 2.15. The van der Waals surface area contributed by atoms with E-state index in [1.165, 1.54) is 11.1 Å². The monoisotopic (exact) mass is 173 g/mol. The molecule has 1 aromatic rings. The van der Waals surface area contributed by atoms with Gasteiger partial charge in [-0.2, -0.15) is 0 Å². The first kappa shape index (κ1) is 9.83. The van der Waals surface area contributed by atoms with E-state index < -0.39 is 0 Å². The number of rotatable bonds is 3. The van der Waals surface area contributed by atoms with Crippen molar-refractivity contribution in [1.82, 2.24) is 5.32 Å². The Balaban J connectivity index is 2.72. The largest absolute Gasteiger partial charge is 0.300 e. The molecule has 68 valence electrons. The van der Waals surface area contributed by atoms with Crippen molar-refractivity contribution >= 4 is 0 Å². The minimum absolute atomic E-state index is 0.331. The molecular weight excluding hydrogens is 158 g/mol. The summed E-state index contributed by atoms with van der Waals surface area (Å²) in [6.07, 6.45) is 5.18. The molecule has 0 fully saturated rings. The van der Waals surface area contributed by atoms with Gasteiger partial charge < -0.3 is 0 Å². The first-order chi connectivity index (χ1) is 6.25. The van der Waals surface area contributed by atoms with Crippen LogP contribution in [0, 0.1) is 19.3 Å². The number of aryl methyl sites for hydroxylation is 1. The summed E-state index contributed by atoms with van der Waals surface area (Å²) in [7, 11) is 0. The Morgan fingerprint density at radius 3 is 2.77 bits per heavy atom. The fourth-order valence-electron chi connectivity index (χ4n) is 1.39. The lowest BCUT2D eigenvalue weighted by atomic mass is 10.0. The Morgan fingerprint density at radius 1 is 1.46 bits per heavy atom. The molecule has 1 nitrogen and oxygen atoms in total. The molecule has 0 saturated carbocycles. The summed E-state index contributed by atoms with van der Waals surface area (Å²) in [5.41, 5.74) is 2.62. The number of terminal acetylenes is 1. The number of hydrogen-bond donors (Lipinski definition) is 1. The third-order valence-electron chi connectivity index (χ3n) is 2.17. The van der Waals surface area contributed by atoms with Crippen LogP contribution in [0.1, 0.15) is 24.1 Å². The van der Waals surface area contributed by atoms with Crippen LogP contribution in [0.15, 0.2) is 24.3 Å². The Kier molecular flexibility index (Phi) is 3.54. The van der Waals surface area contributed by atoms with Crippen LogP contribution < -0.4 is 5.32 Å². The first-order valence-corrected chi connectivity index (χ1v) is 4.48. The van der Waals surface area contributed by atoms with Gasteiger partial charge in [0.05, 0.1) is 6.54 Å². The molecule has 0 aliphatic rings. The van der Waals surface area contributed by atoms with E-state index in [1.807, 2.05) is 6.07 Å². The van der Waals surface area contributed by atoms with Crippen LogP contribution >= 0.6 is 0 Å². The minimum atomic E-state index is 0.331. The second-order valence-electron chi connectivity index (χ2n) is 3.16. The zero-order valence-corrected chi connectivity index (χ0v) is 8.17. The topological polar surface area (TPSA) is 12.0 Å². The van der Waals surface area contributed by atoms with Gasteiger partial charge in [-0.3, -0.25) is 5.32 Å². The van der Waals surface area contributed by atoms with Gasteiger partial charge in [0.25, 0.3) is 0 Å². The highest BCUT2D eigenvalue weighted by Gasteiger charge is 2.04. The van der Waals surface area contributed by atoms with E-state index >= 15 is 0 Å². The molecule has 1 N–H and O–H groups in total. The molecule has 0 radical (unpaired) electrons. The maximum atomic E-state index is 5.18. The molecule has 1 aromatic carbocycles. The normalized spacial score (nSPS) is 12.1. The third kappa shape index (κ3) is 2.61. The van der Waals surface area contributed by atoms with Gasteiger partial charge in [-0.1, -0.05) is 30.2 Å². The lowest BCUT2D eigenvalue weighted by Gasteiger charge is -2.14. The van der Waals surface area contributed by atoms with E-state index in [9.17, 15) is 0 Å². The maximum Gasteiger partial charge on any atom is 0.0578 e. The van der Waals surface area contributed by atoms with Crippen LogP contribution in [0.25, 0.3) is 0 Å². The quantitative estimate of drug-likeness (QED) is 0.691. The standard InChI is InChI=1S/C12H15N/c1-4-9-13-11(3)12-8-6-5-7-10(12)2/h1,5-8,11,13H,9H2,2-3H3. The molecule has 13 heavy (non-hydrogen) atoms. The Hall–Kier alpha value is -1.26. The van der Waals surface area contributed by atoms with E-state index in [4.69, 9.17) is 6.42 Å². The summed E-state index contributed by atoms with van der Waals surface area (Å²) in [6, 6.07) is 8.67. The zero-order chi connectivity index (χ0) is 9.68. The van der Waals surface area contributed by atoms with Crippen LogP contribution in [0.4, 0.5) is 0 Å². The van der Waals surface area contributed by atoms with Crippen molar-refractivity contribution in [3.05, 3.63) is 35.4 Å². The predicted octanol–water partition coefficient (Wildman–Crippen LogP) is 2.28. The molecule has 0 heterocycles. The van der Waals surface area contributed by atoms with Crippen LogP contribution in [-0.2, 0) is 0 Å². The predicted molar refractivity (Wildman–Crippen MR) is 56.4 cm³/mol. The average Bonchev–Trinajstić information content (AvgIpc) is 2.15. The van der Waals surface area contributed by atoms with E-state index in [-0.39, 0.29) is 0 Å². The van der Waals surface area contributed by atoms with Gasteiger partial charge in [0.15, 0.2) is 0 Å². The first-order valence-electron chi connectivity index (χ1n) is 4.48. The Labute approximate surface area is 80.2 Å². The van der Waals surface area contributed by atoms with E-state index in [0.29, 0.717) is 12.6 Å². The van der Waals surface area contributed by atoms with E-state index in [2.05, 4.69) is 43.3 Å². The lowest BCUT2D eigenvalue weighted by Crippen LogP contribution is -2.19. The zero-order valence-electron chi connectivity index (χ0n) is 8.17.